The highest BCUT2D eigenvalue weighted by molar-refractivity contribution is 9.10. The fourth-order valence-electron chi connectivity index (χ4n) is 1.17. The number of rotatable bonds is 4. The second-order valence-electron chi connectivity index (χ2n) is 3.45. The van der Waals surface area contributed by atoms with Crippen molar-refractivity contribution < 1.29 is 12.8 Å². The highest BCUT2D eigenvalue weighted by atomic mass is 79.9. The van der Waals surface area contributed by atoms with Crippen LogP contribution in [0.25, 0.3) is 0 Å². The molecule has 0 radical (unpaired) electrons. The summed E-state index contributed by atoms with van der Waals surface area (Å²) in [7, 11) is -3.46. The Bertz CT molecular complexity index is 464. The van der Waals surface area contributed by atoms with Gasteiger partial charge in [0.25, 0.3) is 0 Å². The van der Waals surface area contributed by atoms with Crippen LogP contribution in [0.1, 0.15) is 18.6 Å². The number of nitrogens with one attached hydrogen (secondary N) is 1. The molecule has 7 heteroatoms. The minimum Gasteiger partial charge on any atom is -0.452 e. The molecule has 5 nitrogen and oxygen atoms in total. The van der Waals surface area contributed by atoms with E-state index in [1.165, 1.54) is 6.07 Å². The van der Waals surface area contributed by atoms with E-state index in [0.717, 1.165) is 12.8 Å². The topological polar surface area (TPSA) is 85.3 Å². The number of nitrogens with two attached hydrogens (primary N) is 1. The minimum absolute atomic E-state index is 0.0816. The van der Waals surface area contributed by atoms with Gasteiger partial charge in [-0.05, 0) is 28.8 Å². The van der Waals surface area contributed by atoms with Crippen LogP contribution in [0.4, 0.5) is 0 Å². The number of hydrogen-bond donors (Lipinski definition) is 2. The second kappa shape index (κ2) is 3.89. The average Bonchev–Trinajstić information content (AvgIpc) is 2.85. The SMILES string of the molecule is NCc1cc(S(=O)(=O)NC2CC2)c(Br)o1. The van der Waals surface area contributed by atoms with Crippen LogP contribution in [0, 0.1) is 0 Å². The van der Waals surface area contributed by atoms with Crippen LogP contribution in [0.3, 0.4) is 0 Å². The molecule has 2 rings (SSSR count). The highest BCUT2D eigenvalue weighted by Gasteiger charge is 2.30. The third kappa shape index (κ3) is 2.41. The van der Waals surface area contributed by atoms with E-state index < -0.39 is 10.0 Å². The van der Waals surface area contributed by atoms with Crippen LogP contribution in [-0.2, 0) is 16.6 Å². The molecule has 15 heavy (non-hydrogen) atoms. The molecule has 0 amide bonds. The van der Waals surface area contributed by atoms with Crippen molar-refractivity contribution in [1.82, 2.24) is 4.72 Å². The monoisotopic (exact) mass is 294 g/mol. The van der Waals surface area contributed by atoms with Gasteiger partial charge in [0, 0.05) is 12.1 Å². The van der Waals surface area contributed by atoms with Gasteiger partial charge in [0.1, 0.15) is 10.7 Å². The molecule has 0 aliphatic heterocycles. The summed E-state index contributed by atoms with van der Waals surface area (Å²) < 4.78 is 31.5. The number of sulfonamides is 1. The van der Waals surface area contributed by atoms with Crippen LogP contribution in [0.2, 0.25) is 0 Å². The number of halogens is 1. The van der Waals surface area contributed by atoms with Crippen LogP contribution in [0.15, 0.2) is 20.0 Å². The lowest BCUT2D eigenvalue weighted by Crippen LogP contribution is -2.25. The molecule has 1 aliphatic carbocycles. The fourth-order valence-corrected chi connectivity index (χ4v) is 3.47. The van der Waals surface area contributed by atoms with Crippen molar-refractivity contribution in [1.29, 1.82) is 0 Å². The smallest absolute Gasteiger partial charge is 0.245 e. The first kappa shape index (κ1) is 11.1. The normalized spacial score (nSPS) is 16.9. The lowest BCUT2D eigenvalue weighted by molar-refractivity contribution is 0.483. The zero-order chi connectivity index (χ0) is 11.1. The molecule has 1 heterocycles. The zero-order valence-electron chi connectivity index (χ0n) is 7.86. The van der Waals surface area contributed by atoms with Crippen molar-refractivity contribution in [3.63, 3.8) is 0 Å². The van der Waals surface area contributed by atoms with E-state index in [9.17, 15) is 8.42 Å². The van der Waals surface area contributed by atoms with E-state index in [0.29, 0.717) is 5.76 Å². The number of hydrogen-bond acceptors (Lipinski definition) is 4. The molecule has 0 spiro atoms. The van der Waals surface area contributed by atoms with Gasteiger partial charge in [-0.25, -0.2) is 13.1 Å². The Morgan fingerprint density at radius 2 is 2.27 bits per heavy atom. The quantitative estimate of drug-likeness (QED) is 0.865. The first-order valence-corrected chi connectivity index (χ1v) is 6.81. The molecule has 0 bridgehead atoms. The van der Waals surface area contributed by atoms with Crippen molar-refractivity contribution >= 4 is 26.0 Å². The van der Waals surface area contributed by atoms with Crippen molar-refractivity contribution in [2.75, 3.05) is 0 Å². The summed E-state index contributed by atoms with van der Waals surface area (Å²) in [6.07, 6.45) is 1.80. The Morgan fingerprint density at radius 1 is 1.60 bits per heavy atom. The van der Waals surface area contributed by atoms with Crippen LogP contribution in [0.5, 0.6) is 0 Å². The molecule has 0 unspecified atom stereocenters. The molecular formula is C8H11BrN2O3S. The second-order valence-corrected chi connectivity index (χ2v) is 5.85. The van der Waals surface area contributed by atoms with E-state index in [4.69, 9.17) is 10.2 Å². The summed E-state index contributed by atoms with van der Waals surface area (Å²) >= 11 is 3.06. The molecule has 84 valence electrons. The average molecular weight is 295 g/mol. The summed E-state index contributed by atoms with van der Waals surface area (Å²) in [6.45, 7) is 0.178. The largest absolute Gasteiger partial charge is 0.452 e. The van der Waals surface area contributed by atoms with Gasteiger partial charge in [0.2, 0.25) is 10.0 Å². The van der Waals surface area contributed by atoms with Gasteiger partial charge in [0.05, 0.1) is 6.54 Å². The number of furan rings is 1. The Hall–Kier alpha value is -0.370. The summed E-state index contributed by atoms with van der Waals surface area (Å²) in [4.78, 5) is 0.120. The summed E-state index contributed by atoms with van der Waals surface area (Å²) in [5, 5.41) is 0. The highest BCUT2D eigenvalue weighted by Crippen LogP contribution is 2.28. The van der Waals surface area contributed by atoms with Crippen molar-refractivity contribution in [3.05, 3.63) is 16.5 Å². The Kier molecular flexibility index (Phi) is 2.89. The first-order valence-electron chi connectivity index (χ1n) is 4.53. The minimum atomic E-state index is -3.46. The molecule has 0 atom stereocenters. The molecule has 1 fully saturated rings. The molecular weight excluding hydrogens is 284 g/mol. The van der Waals surface area contributed by atoms with Gasteiger partial charge < -0.3 is 10.2 Å². The molecule has 3 N–H and O–H groups in total. The molecule has 1 saturated carbocycles. The Morgan fingerprint density at radius 3 is 2.73 bits per heavy atom. The van der Waals surface area contributed by atoms with E-state index in [-0.39, 0.29) is 22.2 Å². The first-order chi connectivity index (χ1) is 7.03. The van der Waals surface area contributed by atoms with Crippen LogP contribution in [-0.4, -0.2) is 14.5 Å². The van der Waals surface area contributed by atoms with E-state index in [1.807, 2.05) is 0 Å². The molecule has 1 aromatic rings. The third-order valence-corrected chi connectivity index (χ3v) is 4.47. The molecule has 1 aliphatic rings. The third-order valence-electron chi connectivity index (χ3n) is 2.10. The van der Waals surface area contributed by atoms with Crippen LogP contribution < -0.4 is 10.5 Å². The standard InChI is InChI=1S/C8H11BrN2O3S/c9-8-7(3-6(4-10)14-8)15(12,13)11-5-1-2-5/h3,5,11H,1-2,4,10H2. The van der Waals surface area contributed by atoms with E-state index >= 15 is 0 Å². The van der Waals surface area contributed by atoms with Gasteiger partial charge in [-0.15, -0.1) is 0 Å². The van der Waals surface area contributed by atoms with Gasteiger partial charge in [0.15, 0.2) is 4.67 Å². The van der Waals surface area contributed by atoms with Gasteiger partial charge >= 0.3 is 0 Å². The van der Waals surface area contributed by atoms with Gasteiger partial charge in [-0.2, -0.15) is 0 Å². The molecule has 0 saturated heterocycles. The lowest BCUT2D eigenvalue weighted by atomic mass is 10.5. The van der Waals surface area contributed by atoms with Crippen molar-refractivity contribution in [3.8, 4) is 0 Å². The van der Waals surface area contributed by atoms with Crippen molar-refractivity contribution in [2.45, 2.75) is 30.3 Å². The molecule has 1 aromatic heterocycles. The van der Waals surface area contributed by atoms with E-state index in [1.54, 1.807) is 0 Å². The van der Waals surface area contributed by atoms with E-state index in [2.05, 4.69) is 20.7 Å². The summed E-state index contributed by atoms with van der Waals surface area (Å²) in [5.74, 6) is 0.443. The molecule has 0 aromatic carbocycles. The maximum absolute atomic E-state index is 11.8. The van der Waals surface area contributed by atoms with Gasteiger partial charge in [-0.1, -0.05) is 0 Å². The Balaban J connectivity index is 2.30. The fraction of sp³-hybridized carbons (Fsp3) is 0.500. The van der Waals surface area contributed by atoms with Crippen LogP contribution >= 0.6 is 15.9 Å². The summed E-state index contributed by atoms with van der Waals surface area (Å²) in [6, 6.07) is 1.52. The summed E-state index contributed by atoms with van der Waals surface area (Å²) in [5.41, 5.74) is 5.36. The predicted molar refractivity (Wildman–Crippen MR) is 57.6 cm³/mol. The predicted octanol–water partition coefficient (Wildman–Crippen LogP) is 0.941. The maximum Gasteiger partial charge on any atom is 0.245 e. The van der Waals surface area contributed by atoms with Crippen molar-refractivity contribution in [2.24, 2.45) is 5.73 Å². The zero-order valence-corrected chi connectivity index (χ0v) is 10.3. The Labute approximate surface area is 96.2 Å². The maximum atomic E-state index is 11.8. The van der Waals surface area contributed by atoms with Gasteiger partial charge in [-0.3, -0.25) is 0 Å². The lowest BCUT2D eigenvalue weighted by Gasteiger charge is -2.01.